The zero-order chi connectivity index (χ0) is 28.3. The van der Waals surface area contributed by atoms with Gasteiger partial charge in [0.25, 0.3) is 0 Å². The van der Waals surface area contributed by atoms with Gasteiger partial charge in [-0.2, -0.15) is 0 Å². The first-order chi connectivity index (χ1) is 21.3. The smallest absolute Gasteiger partial charge is 0.0361 e. The molecule has 0 fully saturated rings. The number of hydrogen-bond acceptors (Lipinski definition) is 1. The Balaban J connectivity index is 1.34. The van der Waals surface area contributed by atoms with Crippen molar-refractivity contribution in [2.24, 2.45) is 0 Å². The van der Waals surface area contributed by atoms with Gasteiger partial charge in [-0.15, -0.1) is 11.3 Å². The predicted molar refractivity (Wildman–Crippen MR) is 188 cm³/mol. The Kier molecular flexibility index (Phi) is 5.47. The zero-order valence-electron chi connectivity index (χ0n) is 23.4. The molecule has 0 unspecified atom stereocenters. The predicted octanol–water partition coefficient (Wildman–Crippen LogP) is 12.5. The lowest BCUT2D eigenvalue weighted by Crippen LogP contribution is -1.91. The van der Waals surface area contributed by atoms with Crippen LogP contribution in [0.25, 0.3) is 85.9 Å². The first-order valence-electron chi connectivity index (χ1n) is 14.8. The molecule has 0 aliphatic rings. The third-order valence-electron chi connectivity index (χ3n) is 8.84. The van der Waals surface area contributed by atoms with E-state index in [0.717, 1.165) is 0 Å². The Labute approximate surface area is 254 Å². The van der Waals surface area contributed by atoms with E-state index in [1.165, 1.54) is 85.9 Å². The molecule has 0 spiro atoms. The summed E-state index contributed by atoms with van der Waals surface area (Å²) < 4.78 is 2.67. The van der Waals surface area contributed by atoms with Crippen LogP contribution in [-0.2, 0) is 0 Å². The van der Waals surface area contributed by atoms with Crippen molar-refractivity contribution >= 4 is 63.8 Å². The maximum absolute atomic E-state index is 2.37. The Morgan fingerprint density at radius 3 is 1.65 bits per heavy atom. The van der Waals surface area contributed by atoms with Gasteiger partial charge in [-0.25, -0.2) is 0 Å². The molecule has 9 rings (SSSR count). The average molecular weight is 563 g/mol. The molecule has 200 valence electrons. The van der Waals surface area contributed by atoms with Gasteiger partial charge in [-0.05, 0) is 90.0 Å². The van der Waals surface area contributed by atoms with E-state index in [2.05, 4.69) is 158 Å². The van der Waals surface area contributed by atoms with Crippen molar-refractivity contribution < 1.29 is 0 Å². The lowest BCUT2D eigenvalue weighted by Gasteiger charge is -2.19. The van der Waals surface area contributed by atoms with Gasteiger partial charge in [0, 0.05) is 20.2 Å². The first-order valence-corrected chi connectivity index (χ1v) is 15.6. The van der Waals surface area contributed by atoms with E-state index in [1.54, 1.807) is 0 Å². The van der Waals surface area contributed by atoms with Crippen molar-refractivity contribution in [3.8, 4) is 33.4 Å². The van der Waals surface area contributed by atoms with Crippen LogP contribution < -0.4 is 0 Å². The molecule has 0 N–H and O–H groups in total. The van der Waals surface area contributed by atoms with Crippen LogP contribution in [0.15, 0.2) is 158 Å². The van der Waals surface area contributed by atoms with E-state index in [1.807, 2.05) is 11.3 Å². The fraction of sp³-hybridized carbons (Fsp3) is 0. The molecular formula is C42H26S. The summed E-state index contributed by atoms with van der Waals surface area (Å²) in [5, 5.41) is 10.4. The van der Waals surface area contributed by atoms with E-state index in [-0.39, 0.29) is 0 Å². The Hall–Kier alpha value is -5.24. The molecule has 0 atom stereocenters. The first kappa shape index (κ1) is 24.4. The monoisotopic (exact) mass is 562 g/mol. The molecule has 0 nitrogen and oxygen atoms in total. The van der Waals surface area contributed by atoms with Gasteiger partial charge in [0.1, 0.15) is 0 Å². The molecule has 43 heavy (non-hydrogen) atoms. The molecule has 0 saturated heterocycles. The van der Waals surface area contributed by atoms with Crippen LogP contribution in [0.4, 0.5) is 0 Å². The lowest BCUT2D eigenvalue weighted by molar-refractivity contribution is 1.63. The molecule has 1 heterocycles. The molecule has 0 radical (unpaired) electrons. The lowest BCUT2D eigenvalue weighted by atomic mass is 9.84. The number of fused-ring (bicyclic) bond motifs is 6. The minimum absolute atomic E-state index is 1.23. The van der Waals surface area contributed by atoms with Gasteiger partial charge in [0.05, 0.1) is 0 Å². The number of rotatable bonds is 3. The van der Waals surface area contributed by atoms with Gasteiger partial charge in [-0.1, -0.05) is 133 Å². The quantitative estimate of drug-likeness (QED) is 0.188. The molecule has 0 aliphatic heterocycles. The van der Waals surface area contributed by atoms with Crippen LogP contribution in [0.3, 0.4) is 0 Å². The molecular weight excluding hydrogens is 537 g/mol. The van der Waals surface area contributed by atoms with E-state index in [9.17, 15) is 0 Å². The van der Waals surface area contributed by atoms with Crippen LogP contribution in [0.1, 0.15) is 0 Å². The average Bonchev–Trinajstić information content (AvgIpc) is 3.46. The summed E-state index contributed by atoms with van der Waals surface area (Å²) in [7, 11) is 0. The van der Waals surface area contributed by atoms with Gasteiger partial charge < -0.3 is 0 Å². The summed E-state index contributed by atoms with van der Waals surface area (Å²) in [6, 6.07) is 58.0. The van der Waals surface area contributed by atoms with Gasteiger partial charge in [0.15, 0.2) is 0 Å². The maximum Gasteiger partial charge on any atom is 0.0361 e. The second-order valence-electron chi connectivity index (χ2n) is 11.3. The van der Waals surface area contributed by atoms with Crippen LogP contribution in [-0.4, -0.2) is 0 Å². The second-order valence-corrected chi connectivity index (χ2v) is 12.3. The largest absolute Gasteiger partial charge is 0.135 e. The van der Waals surface area contributed by atoms with Crippen LogP contribution >= 0.6 is 11.3 Å². The fourth-order valence-corrected chi connectivity index (χ4v) is 8.07. The van der Waals surface area contributed by atoms with Gasteiger partial charge in [-0.3, -0.25) is 0 Å². The summed E-state index contributed by atoms with van der Waals surface area (Å²) in [5.41, 5.74) is 7.62. The van der Waals surface area contributed by atoms with E-state index < -0.39 is 0 Å². The second kappa shape index (κ2) is 9.66. The molecule has 9 aromatic rings. The minimum atomic E-state index is 1.23. The minimum Gasteiger partial charge on any atom is -0.135 e. The highest BCUT2D eigenvalue weighted by Crippen LogP contribution is 2.48. The Morgan fingerprint density at radius 1 is 0.326 bits per heavy atom. The topological polar surface area (TPSA) is 0 Å². The third-order valence-corrected chi connectivity index (χ3v) is 9.97. The standard InChI is InChI=1S/C42H26S/c1-2-12-28-25-30(24-23-27(28)11-1)29-13-9-14-31(26-29)40-32-15-3-5-17-34(32)41(35-18-6-4-16-33(35)40)37-20-10-22-39-42(37)36-19-7-8-21-38(36)43-39/h1-26H. The fourth-order valence-electron chi connectivity index (χ4n) is 6.94. The number of benzene rings is 8. The van der Waals surface area contributed by atoms with E-state index >= 15 is 0 Å². The van der Waals surface area contributed by atoms with Crippen LogP contribution in [0.5, 0.6) is 0 Å². The van der Waals surface area contributed by atoms with E-state index in [4.69, 9.17) is 0 Å². The SMILES string of the molecule is c1cc(-c2ccc3ccccc3c2)cc(-c2c3ccccc3c(-c3cccc4sc5ccccc5c34)c3ccccc23)c1. The van der Waals surface area contributed by atoms with Crippen LogP contribution in [0, 0.1) is 0 Å². The molecule has 8 aromatic carbocycles. The molecule has 0 bridgehead atoms. The normalized spacial score (nSPS) is 11.7. The highest BCUT2D eigenvalue weighted by atomic mass is 32.1. The Bertz CT molecular complexity index is 2460. The van der Waals surface area contributed by atoms with Crippen molar-refractivity contribution in [1.29, 1.82) is 0 Å². The highest BCUT2D eigenvalue weighted by Gasteiger charge is 2.19. The Morgan fingerprint density at radius 2 is 0.884 bits per heavy atom. The van der Waals surface area contributed by atoms with Crippen molar-refractivity contribution in [2.75, 3.05) is 0 Å². The van der Waals surface area contributed by atoms with Crippen molar-refractivity contribution in [3.05, 3.63) is 158 Å². The summed E-state index contributed by atoms with van der Waals surface area (Å²) in [6.07, 6.45) is 0. The summed E-state index contributed by atoms with van der Waals surface area (Å²) in [6.45, 7) is 0. The third kappa shape index (κ3) is 3.82. The molecule has 0 aliphatic carbocycles. The zero-order valence-corrected chi connectivity index (χ0v) is 24.2. The summed E-state index contributed by atoms with van der Waals surface area (Å²) in [4.78, 5) is 0. The summed E-state index contributed by atoms with van der Waals surface area (Å²) >= 11 is 1.88. The van der Waals surface area contributed by atoms with Crippen molar-refractivity contribution in [3.63, 3.8) is 0 Å². The van der Waals surface area contributed by atoms with Crippen LogP contribution in [0.2, 0.25) is 0 Å². The molecule has 0 saturated carbocycles. The molecule has 0 amide bonds. The van der Waals surface area contributed by atoms with Crippen molar-refractivity contribution in [1.82, 2.24) is 0 Å². The van der Waals surface area contributed by atoms with Gasteiger partial charge in [0.2, 0.25) is 0 Å². The van der Waals surface area contributed by atoms with Gasteiger partial charge >= 0.3 is 0 Å². The number of thiophene rings is 1. The van der Waals surface area contributed by atoms with E-state index in [0.29, 0.717) is 0 Å². The maximum atomic E-state index is 2.37. The summed E-state index contributed by atoms with van der Waals surface area (Å²) in [5.74, 6) is 0. The highest BCUT2D eigenvalue weighted by molar-refractivity contribution is 7.25. The number of hydrogen-bond donors (Lipinski definition) is 0. The molecule has 1 heteroatoms. The molecule has 1 aromatic heterocycles. The van der Waals surface area contributed by atoms with Crippen molar-refractivity contribution in [2.45, 2.75) is 0 Å².